The fraction of sp³-hybridized carbons (Fsp3) is 0.870. The Hall–Kier alpha value is -1.63. The van der Waals surface area contributed by atoms with Crippen molar-refractivity contribution in [3.8, 4) is 0 Å². The highest BCUT2D eigenvalue weighted by atomic mass is 16.6. The van der Waals surface area contributed by atoms with Crippen LogP contribution in [-0.2, 0) is 28.6 Å². The van der Waals surface area contributed by atoms with Gasteiger partial charge in [0.1, 0.15) is 5.60 Å². The van der Waals surface area contributed by atoms with Crippen molar-refractivity contribution in [3.05, 3.63) is 0 Å². The molecule has 7 nitrogen and oxygen atoms in total. The molecule has 0 aromatic carbocycles. The van der Waals surface area contributed by atoms with E-state index in [9.17, 15) is 19.5 Å². The smallest absolute Gasteiger partial charge is 0.309 e. The fourth-order valence-corrected chi connectivity index (χ4v) is 4.60. The Morgan fingerprint density at radius 3 is 2.03 bits per heavy atom. The van der Waals surface area contributed by atoms with Crippen LogP contribution in [0.4, 0.5) is 0 Å². The SMILES string of the molecule is COC(=O)C1CCC(CCCC(C)(O)CCCC(C)(C)OC(C)=O)CC1C(=O)OC. The van der Waals surface area contributed by atoms with Gasteiger partial charge in [-0.25, -0.2) is 0 Å². The van der Waals surface area contributed by atoms with E-state index in [1.54, 1.807) is 0 Å². The predicted molar refractivity (Wildman–Crippen MR) is 113 cm³/mol. The summed E-state index contributed by atoms with van der Waals surface area (Å²) in [7, 11) is 2.69. The molecular formula is C23H40O7. The molecular weight excluding hydrogens is 388 g/mol. The Morgan fingerprint density at radius 2 is 1.47 bits per heavy atom. The van der Waals surface area contributed by atoms with Gasteiger partial charge in [0.05, 0.1) is 31.7 Å². The van der Waals surface area contributed by atoms with Gasteiger partial charge in [-0.15, -0.1) is 0 Å². The van der Waals surface area contributed by atoms with Gasteiger partial charge in [0, 0.05) is 6.92 Å². The second-order valence-electron chi connectivity index (χ2n) is 9.53. The highest BCUT2D eigenvalue weighted by Gasteiger charge is 2.40. The minimum Gasteiger partial charge on any atom is -0.469 e. The third-order valence-electron chi connectivity index (χ3n) is 6.21. The van der Waals surface area contributed by atoms with E-state index in [4.69, 9.17) is 14.2 Å². The molecule has 1 rings (SSSR count). The second-order valence-corrected chi connectivity index (χ2v) is 9.53. The Bertz CT molecular complexity index is 582. The molecule has 0 radical (unpaired) electrons. The first-order valence-corrected chi connectivity index (χ1v) is 11.0. The van der Waals surface area contributed by atoms with E-state index in [1.807, 2.05) is 20.8 Å². The molecule has 0 aromatic heterocycles. The van der Waals surface area contributed by atoms with Crippen molar-refractivity contribution in [2.75, 3.05) is 14.2 Å². The average molecular weight is 429 g/mol. The van der Waals surface area contributed by atoms with E-state index in [2.05, 4.69) is 0 Å². The van der Waals surface area contributed by atoms with E-state index >= 15 is 0 Å². The first kappa shape index (κ1) is 26.4. The summed E-state index contributed by atoms with van der Waals surface area (Å²) in [5.74, 6) is -1.54. The van der Waals surface area contributed by atoms with E-state index in [0.29, 0.717) is 38.0 Å². The maximum Gasteiger partial charge on any atom is 0.309 e. The number of carbonyl (C=O) groups is 3. The molecule has 0 heterocycles. The number of ether oxygens (including phenoxy) is 3. The van der Waals surface area contributed by atoms with Gasteiger partial charge >= 0.3 is 17.9 Å². The molecule has 0 aromatic rings. The summed E-state index contributed by atoms with van der Waals surface area (Å²) in [5.41, 5.74) is -1.31. The summed E-state index contributed by atoms with van der Waals surface area (Å²) in [5, 5.41) is 10.7. The van der Waals surface area contributed by atoms with Crippen LogP contribution in [0.25, 0.3) is 0 Å². The van der Waals surface area contributed by atoms with E-state index in [0.717, 1.165) is 25.7 Å². The molecule has 4 atom stereocenters. The molecule has 0 bridgehead atoms. The van der Waals surface area contributed by atoms with Crippen molar-refractivity contribution < 1.29 is 33.7 Å². The first-order valence-electron chi connectivity index (χ1n) is 11.0. The molecule has 1 aliphatic carbocycles. The predicted octanol–water partition coefficient (Wildman–Crippen LogP) is 3.80. The standard InChI is InChI=1S/C23H40O7/c1-16(24)30-22(2,3)12-8-14-23(4,27)13-7-9-17-10-11-18(20(25)28-5)19(15-17)21(26)29-6/h17-19,27H,7-15H2,1-6H3. The highest BCUT2D eigenvalue weighted by molar-refractivity contribution is 5.82. The molecule has 7 heteroatoms. The van der Waals surface area contributed by atoms with Crippen LogP contribution in [0.15, 0.2) is 0 Å². The van der Waals surface area contributed by atoms with Crippen LogP contribution in [0.5, 0.6) is 0 Å². The van der Waals surface area contributed by atoms with E-state index < -0.39 is 23.0 Å². The molecule has 1 fully saturated rings. The zero-order valence-corrected chi connectivity index (χ0v) is 19.5. The average Bonchev–Trinajstić information content (AvgIpc) is 2.65. The molecule has 174 valence electrons. The molecule has 0 spiro atoms. The fourth-order valence-electron chi connectivity index (χ4n) is 4.60. The highest BCUT2D eigenvalue weighted by Crippen LogP contribution is 2.38. The van der Waals surface area contributed by atoms with Crippen LogP contribution in [0.2, 0.25) is 0 Å². The lowest BCUT2D eigenvalue weighted by Crippen LogP contribution is -2.37. The topological polar surface area (TPSA) is 99.1 Å². The van der Waals surface area contributed by atoms with Crippen LogP contribution < -0.4 is 0 Å². The second kappa shape index (κ2) is 11.7. The number of aliphatic hydroxyl groups is 1. The lowest BCUT2D eigenvalue weighted by molar-refractivity contribution is -0.160. The Balaban J connectivity index is 2.45. The number of rotatable bonds is 11. The Labute approximate surface area is 180 Å². The summed E-state index contributed by atoms with van der Waals surface area (Å²) in [6, 6.07) is 0. The van der Waals surface area contributed by atoms with Gasteiger partial charge in [0.2, 0.25) is 0 Å². The number of methoxy groups -OCH3 is 2. The largest absolute Gasteiger partial charge is 0.469 e. The number of carbonyl (C=O) groups excluding carboxylic acids is 3. The third kappa shape index (κ3) is 9.02. The van der Waals surface area contributed by atoms with Gasteiger partial charge in [0.25, 0.3) is 0 Å². The van der Waals surface area contributed by atoms with Crippen molar-refractivity contribution in [2.24, 2.45) is 17.8 Å². The molecule has 0 aliphatic heterocycles. The minimum absolute atomic E-state index is 0.293. The molecule has 1 N–H and O–H groups in total. The van der Waals surface area contributed by atoms with Gasteiger partial charge in [-0.05, 0) is 71.6 Å². The summed E-state index contributed by atoms with van der Waals surface area (Å²) < 4.78 is 15.0. The molecule has 1 aliphatic rings. The number of hydrogen-bond donors (Lipinski definition) is 1. The van der Waals surface area contributed by atoms with Crippen molar-refractivity contribution in [3.63, 3.8) is 0 Å². The minimum atomic E-state index is -0.780. The van der Waals surface area contributed by atoms with Crippen LogP contribution >= 0.6 is 0 Å². The van der Waals surface area contributed by atoms with Gasteiger partial charge in [-0.2, -0.15) is 0 Å². The van der Waals surface area contributed by atoms with Crippen LogP contribution in [0.1, 0.15) is 85.5 Å². The monoisotopic (exact) mass is 428 g/mol. The van der Waals surface area contributed by atoms with Crippen LogP contribution in [-0.4, -0.2) is 48.4 Å². The maximum absolute atomic E-state index is 12.1. The zero-order valence-electron chi connectivity index (χ0n) is 19.5. The lowest BCUT2D eigenvalue weighted by atomic mass is 9.72. The van der Waals surface area contributed by atoms with Crippen molar-refractivity contribution in [1.82, 2.24) is 0 Å². The zero-order chi connectivity index (χ0) is 22.9. The quantitative estimate of drug-likeness (QED) is 0.395. The first-order chi connectivity index (χ1) is 13.9. The van der Waals surface area contributed by atoms with Crippen molar-refractivity contribution >= 4 is 17.9 Å². The molecule has 0 saturated heterocycles. The van der Waals surface area contributed by atoms with Gasteiger partial charge < -0.3 is 19.3 Å². The number of hydrogen-bond acceptors (Lipinski definition) is 7. The van der Waals surface area contributed by atoms with Crippen LogP contribution in [0, 0.1) is 17.8 Å². The number of esters is 3. The van der Waals surface area contributed by atoms with Crippen LogP contribution in [0.3, 0.4) is 0 Å². The lowest BCUT2D eigenvalue weighted by Gasteiger charge is -2.33. The van der Waals surface area contributed by atoms with Gasteiger partial charge in [-0.1, -0.05) is 12.8 Å². The van der Waals surface area contributed by atoms with Crippen molar-refractivity contribution in [1.29, 1.82) is 0 Å². The Kier molecular flexibility index (Phi) is 10.3. The molecule has 0 amide bonds. The summed E-state index contributed by atoms with van der Waals surface area (Å²) >= 11 is 0. The summed E-state index contributed by atoms with van der Waals surface area (Å²) in [6.07, 6.45) is 6.62. The summed E-state index contributed by atoms with van der Waals surface area (Å²) in [4.78, 5) is 35.3. The third-order valence-corrected chi connectivity index (χ3v) is 6.21. The normalized spacial score (nSPS) is 23.9. The van der Waals surface area contributed by atoms with E-state index in [-0.39, 0.29) is 17.9 Å². The van der Waals surface area contributed by atoms with Gasteiger partial charge in [0.15, 0.2) is 0 Å². The van der Waals surface area contributed by atoms with Crippen molar-refractivity contribution in [2.45, 2.75) is 96.7 Å². The van der Waals surface area contributed by atoms with Gasteiger partial charge in [-0.3, -0.25) is 14.4 Å². The molecule has 4 unspecified atom stereocenters. The maximum atomic E-state index is 12.1. The molecule has 30 heavy (non-hydrogen) atoms. The summed E-state index contributed by atoms with van der Waals surface area (Å²) in [6.45, 7) is 7.01. The molecule has 1 saturated carbocycles. The Morgan fingerprint density at radius 1 is 0.900 bits per heavy atom. The van der Waals surface area contributed by atoms with E-state index in [1.165, 1.54) is 21.1 Å².